The number of carbonyl (C=O) groups is 3. The second-order valence-electron chi connectivity index (χ2n) is 12.3. The molecule has 2 aliphatic rings. The van der Waals surface area contributed by atoms with Crippen molar-refractivity contribution >= 4 is 47.3 Å². The van der Waals surface area contributed by atoms with Crippen LogP contribution in [0, 0.1) is 0 Å². The highest BCUT2D eigenvalue weighted by Crippen LogP contribution is 2.30. The molecule has 0 spiro atoms. The van der Waals surface area contributed by atoms with Gasteiger partial charge in [-0.15, -0.1) is 0 Å². The summed E-state index contributed by atoms with van der Waals surface area (Å²) in [5.41, 5.74) is 4.53. The summed E-state index contributed by atoms with van der Waals surface area (Å²) in [5, 5.41) is 28.8. The summed E-state index contributed by atoms with van der Waals surface area (Å²) >= 11 is 0. The largest absolute Gasteiger partial charge is 0.504 e. The van der Waals surface area contributed by atoms with Gasteiger partial charge in [-0.3, -0.25) is 9.59 Å². The van der Waals surface area contributed by atoms with Crippen molar-refractivity contribution in [3.05, 3.63) is 125 Å². The third-order valence-corrected chi connectivity index (χ3v) is 8.38. The van der Waals surface area contributed by atoms with Gasteiger partial charge >= 0.3 is 5.97 Å². The molecule has 1 fully saturated rings. The first-order chi connectivity index (χ1) is 27.0. The van der Waals surface area contributed by atoms with E-state index in [2.05, 4.69) is 16.0 Å². The SMILES string of the molecule is CCOC(=O)/C=C/c1ccc(OC)cc1.COc1cc(/C=C/C(=O)CC(=O)/C=C/c2ccc(O)c(OC)c2)ccc1O.OC1CCN2Cc3ccccc3N=C12. The first kappa shape index (κ1) is 42.1. The molecule has 12 heteroatoms. The number of esters is 1. The number of hydrogen-bond acceptors (Lipinski definition) is 12. The van der Waals surface area contributed by atoms with Crippen molar-refractivity contribution < 1.29 is 48.7 Å². The molecule has 6 rings (SSSR count). The van der Waals surface area contributed by atoms with Gasteiger partial charge in [0.2, 0.25) is 0 Å². The Labute approximate surface area is 326 Å². The minimum absolute atomic E-state index is 0.00662. The molecule has 0 aliphatic carbocycles. The van der Waals surface area contributed by atoms with E-state index >= 15 is 0 Å². The Morgan fingerprint density at radius 3 is 1.86 bits per heavy atom. The summed E-state index contributed by atoms with van der Waals surface area (Å²) in [7, 11) is 4.48. The maximum Gasteiger partial charge on any atom is 0.330 e. The van der Waals surface area contributed by atoms with Gasteiger partial charge in [0, 0.05) is 19.2 Å². The van der Waals surface area contributed by atoms with Crippen molar-refractivity contribution in [2.24, 2.45) is 4.99 Å². The van der Waals surface area contributed by atoms with Crippen LogP contribution in [0.25, 0.3) is 18.2 Å². The Morgan fingerprint density at radius 2 is 1.30 bits per heavy atom. The number of hydrogen-bond donors (Lipinski definition) is 3. The Hall–Kier alpha value is -6.66. The van der Waals surface area contributed by atoms with E-state index in [1.807, 2.05) is 42.5 Å². The first-order valence-electron chi connectivity index (χ1n) is 17.8. The van der Waals surface area contributed by atoms with Crippen LogP contribution in [0.4, 0.5) is 5.69 Å². The number of para-hydroxylation sites is 1. The molecule has 0 radical (unpaired) electrons. The average molecular weight is 763 g/mol. The van der Waals surface area contributed by atoms with Crippen molar-refractivity contribution in [2.75, 3.05) is 34.5 Å². The highest BCUT2D eigenvalue weighted by molar-refractivity contribution is 6.11. The summed E-state index contributed by atoms with van der Waals surface area (Å²) in [6.45, 7) is 3.99. The Morgan fingerprint density at radius 1 is 0.750 bits per heavy atom. The van der Waals surface area contributed by atoms with Crippen LogP contribution < -0.4 is 14.2 Å². The number of carbonyl (C=O) groups excluding carboxylic acids is 3. The highest BCUT2D eigenvalue weighted by atomic mass is 16.5. The van der Waals surface area contributed by atoms with Gasteiger partial charge in [0.15, 0.2) is 34.6 Å². The number of fused-ring (bicyclic) bond motifs is 2. The number of phenols is 2. The number of amidine groups is 1. The Bertz CT molecular complexity index is 2010. The van der Waals surface area contributed by atoms with Crippen LogP contribution in [0.1, 0.15) is 42.0 Å². The Balaban J connectivity index is 0.000000202. The third-order valence-electron chi connectivity index (χ3n) is 8.38. The predicted molar refractivity (Wildman–Crippen MR) is 215 cm³/mol. The second kappa shape index (κ2) is 21.3. The van der Waals surface area contributed by atoms with Gasteiger partial charge in [-0.25, -0.2) is 9.79 Å². The number of ketones is 2. The van der Waals surface area contributed by atoms with E-state index in [9.17, 15) is 29.7 Å². The molecule has 0 saturated carbocycles. The summed E-state index contributed by atoms with van der Waals surface area (Å²) in [4.78, 5) is 41.5. The molecule has 4 aromatic carbocycles. The molecule has 12 nitrogen and oxygen atoms in total. The summed E-state index contributed by atoms with van der Waals surface area (Å²) in [5.74, 6) is 1.24. The molecule has 0 bridgehead atoms. The molecule has 3 N–H and O–H groups in total. The number of aliphatic hydroxyl groups is 1. The topological polar surface area (TPSA) is 164 Å². The van der Waals surface area contributed by atoms with E-state index in [1.165, 1.54) is 50.1 Å². The van der Waals surface area contributed by atoms with Crippen LogP contribution in [-0.4, -0.2) is 84.2 Å². The zero-order valence-electron chi connectivity index (χ0n) is 31.8. The number of phenolic OH excluding ortho intramolecular Hbond substituents is 2. The van der Waals surface area contributed by atoms with Crippen LogP contribution >= 0.6 is 0 Å². The number of rotatable bonds is 12. The second-order valence-corrected chi connectivity index (χ2v) is 12.3. The number of nitrogens with zero attached hydrogens (tertiary/aromatic N) is 2. The fraction of sp³-hybridized carbons (Fsp3) is 0.227. The zero-order valence-corrected chi connectivity index (χ0v) is 31.8. The molecule has 56 heavy (non-hydrogen) atoms. The molecule has 4 aromatic rings. The number of benzene rings is 4. The Kier molecular flexibility index (Phi) is 16.0. The quantitative estimate of drug-likeness (QED) is 0.0778. The van der Waals surface area contributed by atoms with Crippen LogP contribution in [0.2, 0.25) is 0 Å². The molecule has 1 unspecified atom stereocenters. The minimum atomic E-state index is -0.358. The monoisotopic (exact) mass is 762 g/mol. The molecular weight excluding hydrogens is 716 g/mol. The van der Waals surface area contributed by atoms with Crippen LogP contribution in [-0.2, 0) is 25.7 Å². The standard InChI is InChI=1S/C21H20O6.C12H14O3.C11H12N2O/c1-26-20-11-14(5-9-18(20)24)3-7-16(22)13-17(23)8-4-15-6-10-19(25)21(12-15)27-2;1-3-15-12(13)9-6-10-4-7-11(14-2)8-5-10;14-10-5-6-13-7-8-3-1-2-4-9(8)12-11(10)13/h3-12,24-25H,13H2,1-2H3;4-9H,3H2,1-2H3;1-4,10,14H,5-7H2/b7-3+,8-4+;9-6+;. The van der Waals surface area contributed by atoms with Crippen LogP contribution in [0.5, 0.6) is 28.7 Å². The van der Waals surface area contributed by atoms with E-state index in [0.29, 0.717) is 29.2 Å². The fourth-order valence-corrected chi connectivity index (χ4v) is 5.45. The zero-order chi connectivity index (χ0) is 40.5. The number of aliphatic hydroxyl groups excluding tert-OH is 1. The van der Waals surface area contributed by atoms with Gasteiger partial charge in [-0.05, 0) is 96.3 Å². The van der Waals surface area contributed by atoms with Crippen LogP contribution in [0.3, 0.4) is 0 Å². The van der Waals surface area contributed by atoms with Crippen molar-refractivity contribution in [1.29, 1.82) is 0 Å². The maximum absolute atomic E-state index is 11.9. The lowest BCUT2D eigenvalue weighted by Crippen LogP contribution is -2.31. The molecular formula is C44H46N2O10. The number of aromatic hydroxyl groups is 2. The van der Waals surface area contributed by atoms with E-state index in [0.717, 1.165) is 42.3 Å². The first-order valence-corrected chi connectivity index (χ1v) is 17.8. The lowest BCUT2D eigenvalue weighted by Gasteiger charge is -2.25. The summed E-state index contributed by atoms with van der Waals surface area (Å²) < 4.78 is 19.8. The van der Waals surface area contributed by atoms with E-state index < -0.39 is 0 Å². The van der Waals surface area contributed by atoms with E-state index in [-0.39, 0.29) is 41.6 Å². The maximum atomic E-state index is 11.9. The minimum Gasteiger partial charge on any atom is -0.504 e. The van der Waals surface area contributed by atoms with Crippen molar-refractivity contribution in [2.45, 2.75) is 32.4 Å². The van der Waals surface area contributed by atoms with Gasteiger partial charge in [-0.2, -0.15) is 0 Å². The smallest absolute Gasteiger partial charge is 0.330 e. The van der Waals surface area contributed by atoms with Gasteiger partial charge < -0.3 is 39.2 Å². The predicted octanol–water partition coefficient (Wildman–Crippen LogP) is 6.94. The normalized spacial score (nSPS) is 14.1. The van der Waals surface area contributed by atoms with Gasteiger partial charge in [0.25, 0.3) is 0 Å². The molecule has 2 heterocycles. The molecule has 0 amide bonds. The molecule has 0 aromatic heterocycles. The number of methoxy groups -OCH3 is 3. The summed E-state index contributed by atoms with van der Waals surface area (Å²) in [6.07, 6.45) is 9.01. The van der Waals surface area contributed by atoms with Crippen molar-refractivity contribution in [3.63, 3.8) is 0 Å². The molecule has 1 saturated heterocycles. The average Bonchev–Trinajstić information content (AvgIpc) is 3.57. The molecule has 292 valence electrons. The number of allylic oxidation sites excluding steroid dienone is 2. The lowest BCUT2D eigenvalue weighted by molar-refractivity contribution is -0.137. The molecule has 2 aliphatic heterocycles. The fourth-order valence-electron chi connectivity index (χ4n) is 5.45. The third kappa shape index (κ3) is 12.7. The van der Waals surface area contributed by atoms with Gasteiger partial charge in [0.05, 0.1) is 40.0 Å². The number of ether oxygens (including phenoxy) is 4. The van der Waals surface area contributed by atoms with Gasteiger partial charge in [-0.1, -0.05) is 54.6 Å². The number of aliphatic imine (C=N–C) groups is 1. The van der Waals surface area contributed by atoms with Crippen molar-refractivity contribution in [3.8, 4) is 28.7 Å². The summed E-state index contributed by atoms with van der Waals surface area (Å²) in [6, 6.07) is 24.9. The van der Waals surface area contributed by atoms with E-state index in [4.69, 9.17) is 18.9 Å². The van der Waals surface area contributed by atoms with E-state index in [1.54, 1.807) is 56.5 Å². The molecule has 1 atom stereocenters. The van der Waals surface area contributed by atoms with Gasteiger partial charge in [0.1, 0.15) is 17.7 Å². The lowest BCUT2D eigenvalue weighted by atomic mass is 10.1. The highest BCUT2D eigenvalue weighted by Gasteiger charge is 2.30. The van der Waals surface area contributed by atoms with Crippen LogP contribution in [0.15, 0.2) is 108 Å². The van der Waals surface area contributed by atoms with Crippen molar-refractivity contribution in [1.82, 2.24) is 4.90 Å².